The highest BCUT2D eigenvalue weighted by molar-refractivity contribution is 6.04. The smallest absolute Gasteiger partial charge is 0.235 e. The van der Waals surface area contributed by atoms with Crippen molar-refractivity contribution in [3.8, 4) is 0 Å². The van der Waals surface area contributed by atoms with E-state index in [9.17, 15) is 14.0 Å². The number of carbonyl (C=O) groups excluding carboxylic acids is 2. The molecule has 0 heterocycles. The Morgan fingerprint density at radius 1 is 1.14 bits per heavy atom. The van der Waals surface area contributed by atoms with Crippen LogP contribution in [-0.4, -0.2) is 32.1 Å². The largest absolute Gasteiger partial charge is 0.383 e. The van der Waals surface area contributed by atoms with Crippen LogP contribution in [0.5, 0.6) is 0 Å². The summed E-state index contributed by atoms with van der Waals surface area (Å²) >= 11 is 0. The van der Waals surface area contributed by atoms with Crippen LogP contribution in [-0.2, 0) is 20.9 Å². The summed E-state index contributed by atoms with van der Waals surface area (Å²) in [6, 6.07) is 5.82. The summed E-state index contributed by atoms with van der Waals surface area (Å²) in [7, 11) is 1.53. The third-order valence-electron chi connectivity index (χ3n) is 3.09. The van der Waals surface area contributed by atoms with Crippen LogP contribution in [0.2, 0.25) is 0 Å². The summed E-state index contributed by atoms with van der Waals surface area (Å²) in [5.41, 5.74) is -0.423. The van der Waals surface area contributed by atoms with E-state index in [0.717, 1.165) is 5.56 Å². The quantitative estimate of drug-likeness (QED) is 0.587. The topological polar surface area (TPSA) is 67.4 Å². The van der Waals surface area contributed by atoms with Gasteiger partial charge in [0.1, 0.15) is 11.2 Å². The summed E-state index contributed by atoms with van der Waals surface area (Å²) in [4.78, 5) is 24.1. The van der Waals surface area contributed by atoms with E-state index in [0.29, 0.717) is 13.2 Å². The normalized spacial score (nSPS) is 11.0. The lowest BCUT2D eigenvalue weighted by molar-refractivity contribution is -0.141. The molecular formula is C15H21FN2O3. The van der Waals surface area contributed by atoms with Crippen molar-refractivity contribution in [3.05, 3.63) is 35.6 Å². The van der Waals surface area contributed by atoms with Gasteiger partial charge in [-0.15, -0.1) is 0 Å². The van der Waals surface area contributed by atoms with Crippen molar-refractivity contribution < 1.29 is 18.7 Å². The van der Waals surface area contributed by atoms with Gasteiger partial charge in [0.25, 0.3) is 0 Å². The van der Waals surface area contributed by atoms with Crippen LogP contribution >= 0.6 is 0 Å². The predicted molar refractivity (Wildman–Crippen MR) is 76.9 cm³/mol. The van der Waals surface area contributed by atoms with Gasteiger partial charge in [-0.2, -0.15) is 0 Å². The molecule has 21 heavy (non-hydrogen) atoms. The van der Waals surface area contributed by atoms with Crippen molar-refractivity contribution in [1.29, 1.82) is 0 Å². The van der Waals surface area contributed by atoms with Crippen molar-refractivity contribution in [2.75, 3.05) is 20.3 Å². The lowest BCUT2D eigenvalue weighted by atomic mass is 9.91. The number of hydrogen-bond donors (Lipinski definition) is 2. The number of ether oxygens (including phenoxy) is 1. The molecule has 5 nitrogen and oxygen atoms in total. The number of nitrogens with one attached hydrogen (secondary N) is 2. The highest BCUT2D eigenvalue weighted by Crippen LogP contribution is 2.15. The van der Waals surface area contributed by atoms with Gasteiger partial charge in [0, 0.05) is 20.2 Å². The molecule has 0 aromatic heterocycles. The fourth-order valence-electron chi connectivity index (χ4n) is 1.60. The van der Waals surface area contributed by atoms with Crippen molar-refractivity contribution in [2.45, 2.75) is 20.4 Å². The minimum Gasteiger partial charge on any atom is -0.383 e. The van der Waals surface area contributed by atoms with Gasteiger partial charge in [-0.25, -0.2) is 4.39 Å². The van der Waals surface area contributed by atoms with Crippen molar-refractivity contribution in [2.24, 2.45) is 5.41 Å². The average molecular weight is 296 g/mol. The molecule has 6 heteroatoms. The van der Waals surface area contributed by atoms with E-state index in [-0.39, 0.29) is 24.2 Å². The van der Waals surface area contributed by atoms with Gasteiger partial charge >= 0.3 is 0 Å². The van der Waals surface area contributed by atoms with Crippen LogP contribution in [0.3, 0.4) is 0 Å². The first-order valence-corrected chi connectivity index (χ1v) is 6.68. The van der Waals surface area contributed by atoms with Crippen LogP contribution in [0.25, 0.3) is 0 Å². The van der Waals surface area contributed by atoms with Crippen LogP contribution in [0.15, 0.2) is 24.3 Å². The minimum atomic E-state index is -1.19. The lowest BCUT2D eigenvalue weighted by Crippen LogP contribution is -2.48. The summed E-state index contributed by atoms with van der Waals surface area (Å²) < 4.78 is 17.6. The second kappa shape index (κ2) is 7.73. The Morgan fingerprint density at radius 2 is 1.71 bits per heavy atom. The molecule has 0 spiro atoms. The van der Waals surface area contributed by atoms with Crippen LogP contribution < -0.4 is 10.6 Å². The maximum absolute atomic E-state index is 12.8. The predicted octanol–water partition coefficient (Wildman–Crippen LogP) is 1.23. The van der Waals surface area contributed by atoms with Gasteiger partial charge in [0.2, 0.25) is 11.8 Å². The van der Waals surface area contributed by atoms with Gasteiger partial charge in [-0.1, -0.05) is 12.1 Å². The monoisotopic (exact) mass is 296 g/mol. The zero-order valence-corrected chi connectivity index (χ0v) is 12.5. The first-order chi connectivity index (χ1) is 9.87. The number of amides is 2. The van der Waals surface area contributed by atoms with Crippen molar-refractivity contribution in [3.63, 3.8) is 0 Å². The summed E-state index contributed by atoms with van der Waals surface area (Å²) in [5.74, 6) is -1.08. The van der Waals surface area contributed by atoms with Gasteiger partial charge in [-0.3, -0.25) is 9.59 Å². The van der Waals surface area contributed by atoms with Crippen LogP contribution in [0, 0.1) is 11.2 Å². The highest BCUT2D eigenvalue weighted by atomic mass is 19.1. The fourth-order valence-corrected chi connectivity index (χ4v) is 1.60. The third kappa shape index (κ3) is 5.15. The van der Waals surface area contributed by atoms with Crippen LogP contribution in [0.4, 0.5) is 4.39 Å². The highest BCUT2D eigenvalue weighted by Gasteiger charge is 2.35. The third-order valence-corrected chi connectivity index (χ3v) is 3.09. The Morgan fingerprint density at radius 3 is 2.29 bits per heavy atom. The number of hydrogen-bond acceptors (Lipinski definition) is 3. The number of rotatable bonds is 7. The SMILES string of the molecule is COCCNC(=O)C(C)(C)C(=O)NCc1ccc(F)cc1. The van der Waals surface area contributed by atoms with E-state index in [2.05, 4.69) is 10.6 Å². The van der Waals surface area contributed by atoms with Gasteiger partial charge in [-0.05, 0) is 31.5 Å². The number of benzene rings is 1. The van der Waals surface area contributed by atoms with Gasteiger partial charge in [0.15, 0.2) is 0 Å². The van der Waals surface area contributed by atoms with Gasteiger partial charge in [0.05, 0.1) is 6.61 Å². The Hall–Kier alpha value is -1.95. The fraction of sp³-hybridized carbons (Fsp3) is 0.467. The lowest BCUT2D eigenvalue weighted by Gasteiger charge is -2.22. The molecule has 1 rings (SSSR count). The van der Waals surface area contributed by atoms with E-state index in [4.69, 9.17) is 4.74 Å². The standard InChI is InChI=1S/C15H21FN2O3/c1-15(2,13(19)17-8-9-21-3)14(20)18-10-11-4-6-12(16)7-5-11/h4-7H,8-10H2,1-3H3,(H,17,19)(H,18,20). The minimum absolute atomic E-state index is 0.244. The molecule has 0 fully saturated rings. The number of carbonyl (C=O) groups is 2. The Kier molecular flexibility index (Phi) is 6.30. The maximum Gasteiger partial charge on any atom is 0.235 e. The molecule has 0 bridgehead atoms. The molecular weight excluding hydrogens is 275 g/mol. The Balaban J connectivity index is 2.52. The average Bonchev–Trinajstić information content (AvgIpc) is 2.46. The molecule has 0 saturated heterocycles. The van der Waals surface area contributed by atoms with E-state index < -0.39 is 5.41 Å². The molecule has 116 valence electrons. The van der Waals surface area contributed by atoms with E-state index >= 15 is 0 Å². The number of methoxy groups -OCH3 is 1. The van der Waals surface area contributed by atoms with E-state index in [1.807, 2.05) is 0 Å². The van der Waals surface area contributed by atoms with Crippen molar-refractivity contribution >= 4 is 11.8 Å². The first-order valence-electron chi connectivity index (χ1n) is 6.68. The van der Waals surface area contributed by atoms with E-state index in [1.165, 1.54) is 19.2 Å². The molecule has 0 unspecified atom stereocenters. The molecule has 0 atom stereocenters. The Bertz CT molecular complexity index is 486. The second-order valence-electron chi connectivity index (χ2n) is 5.18. The zero-order valence-electron chi connectivity index (χ0n) is 12.5. The molecule has 0 aliphatic rings. The van der Waals surface area contributed by atoms with Crippen molar-refractivity contribution in [1.82, 2.24) is 10.6 Å². The molecule has 1 aromatic rings. The molecule has 1 aromatic carbocycles. The Labute approximate surface area is 123 Å². The summed E-state index contributed by atoms with van der Waals surface area (Å²) in [6.07, 6.45) is 0. The molecule has 0 aliphatic heterocycles. The molecule has 0 saturated carbocycles. The maximum atomic E-state index is 12.8. The van der Waals surface area contributed by atoms with E-state index in [1.54, 1.807) is 26.0 Å². The summed E-state index contributed by atoms with van der Waals surface area (Å²) in [5, 5.41) is 5.31. The summed E-state index contributed by atoms with van der Waals surface area (Å²) in [6.45, 7) is 4.08. The second-order valence-corrected chi connectivity index (χ2v) is 5.18. The van der Waals surface area contributed by atoms with Gasteiger partial charge < -0.3 is 15.4 Å². The molecule has 2 N–H and O–H groups in total. The molecule has 2 amide bonds. The van der Waals surface area contributed by atoms with Crippen LogP contribution in [0.1, 0.15) is 19.4 Å². The molecule has 0 aliphatic carbocycles. The number of halogens is 1. The zero-order chi connectivity index (χ0) is 15.9. The first kappa shape index (κ1) is 17.1. The molecule has 0 radical (unpaired) electrons.